The third kappa shape index (κ3) is 6.31. The standard InChI is InChI=1S/C13H23NO3/c1-13(2,3)14-12(16)17-11-7-5-4-6-10(15)8-9-11/h5,7,10-11,15H,4,6,8-9H2,1-3H3,(H,14,16)/b7-5+. The summed E-state index contributed by atoms with van der Waals surface area (Å²) >= 11 is 0. The van der Waals surface area contributed by atoms with Gasteiger partial charge in [0, 0.05) is 5.54 Å². The summed E-state index contributed by atoms with van der Waals surface area (Å²) in [5.74, 6) is 0. The fourth-order valence-corrected chi connectivity index (χ4v) is 1.71. The number of hydrogen-bond donors (Lipinski definition) is 2. The summed E-state index contributed by atoms with van der Waals surface area (Å²) in [6.45, 7) is 5.73. The van der Waals surface area contributed by atoms with Gasteiger partial charge in [0.2, 0.25) is 0 Å². The van der Waals surface area contributed by atoms with Crippen molar-refractivity contribution in [3.63, 3.8) is 0 Å². The SMILES string of the molecule is CC(C)(C)NC(=O)OC1/C=C/CCC(O)CC1. The molecule has 1 rings (SSSR count). The molecule has 17 heavy (non-hydrogen) atoms. The van der Waals surface area contributed by atoms with Gasteiger partial charge in [-0.15, -0.1) is 0 Å². The van der Waals surface area contributed by atoms with Crippen molar-refractivity contribution in [2.45, 2.75) is 64.2 Å². The van der Waals surface area contributed by atoms with Gasteiger partial charge in [-0.25, -0.2) is 4.79 Å². The van der Waals surface area contributed by atoms with Crippen LogP contribution in [0.15, 0.2) is 12.2 Å². The maximum Gasteiger partial charge on any atom is 0.408 e. The van der Waals surface area contributed by atoms with Gasteiger partial charge in [0.15, 0.2) is 0 Å². The predicted octanol–water partition coefficient (Wildman–Crippen LogP) is 2.37. The number of aliphatic hydroxyl groups is 1. The van der Waals surface area contributed by atoms with Crippen molar-refractivity contribution in [2.24, 2.45) is 0 Å². The Labute approximate surface area is 103 Å². The minimum Gasteiger partial charge on any atom is -0.442 e. The number of allylic oxidation sites excluding steroid dienone is 1. The molecular weight excluding hydrogens is 218 g/mol. The first-order valence-electron chi connectivity index (χ1n) is 6.20. The van der Waals surface area contributed by atoms with Crippen molar-refractivity contribution in [3.05, 3.63) is 12.2 Å². The van der Waals surface area contributed by atoms with E-state index in [0.29, 0.717) is 12.8 Å². The molecular formula is C13H23NO3. The number of hydrogen-bond acceptors (Lipinski definition) is 3. The van der Waals surface area contributed by atoms with Gasteiger partial charge in [-0.2, -0.15) is 0 Å². The lowest BCUT2D eigenvalue weighted by Crippen LogP contribution is -2.42. The van der Waals surface area contributed by atoms with Crippen molar-refractivity contribution in [1.82, 2.24) is 5.32 Å². The molecule has 2 atom stereocenters. The van der Waals surface area contributed by atoms with Crippen LogP contribution in [-0.2, 0) is 4.74 Å². The van der Waals surface area contributed by atoms with Gasteiger partial charge >= 0.3 is 6.09 Å². The number of nitrogens with one attached hydrogen (secondary N) is 1. The minimum atomic E-state index is -0.401. The van der Waals surface area contributed by atoms with Gasteiger partial charge in [0.05, 0.1) is 6.10 Å². The summed E-state index contributed by atoms with van der Waals surface area (Å²) < 4.78 is 5.30. The molecule has 2 N–H and O–H groups in total. The van der Waals surface area contributed by atoms with E-state index in [1.165, 1.54) is 0 Å². The highest BCUT2D eigenvalue weighted by Crippen LogP contribution is 2.15. The first kappa shape index (κ1) is 14.0. The van der Waals surface area contributed by atoms with Gasteiger partial charge < -0.3 is 15.2 Å². The third-order valence-corrected chi connectivity index (χ3v) is 2.54. The quantitative estimate of drug-likeness (QED) is 0.693. The van der Waals surface area contributed by atoms with Crippen molar-refractivity contribution in [2.75, 3.05) is 0 Å². The molecule has 98 valence electrons. The second-order valence-corrected chi connectivity index (χ2v) is 5.56. The van der Waals surface area contributed by atoms with Crippen molar-refractivity contribution in [3.8, 4) is 0 Å². The zero-order chi connectivity index (χ0) is 12.9. The van der Waals surface area contributed by atoms with Crippen LogP contribution in [0.25, 0.3) is 0 Å². The molecule has 2 unspecified atom stereocenters. The van der Waals surface area contributed by atoms with Crippen molar-refractivity contribution in [1.29, 1.82) is 0 Å². The molecule has 0 aliphatic heterocycles. The molecule has 0 aromatic heterocycles. The minimum absolute atomic E-state index is 0.229. The Morgan fingerprint density at radius 1 is 1.35 bits per heavy atom. The Kier molecular flexibility index (Phi) is 5.00. The van der Waals surface area contributed by atoms with E-state index in [4.69, 9.17) is 4.74 Å². The average molecular weight is 241 g/mol. The van der Waals surface area contributed by atoms with Gasteiger partial charge in [-0.05, 0) is 52.5 Å². The lowest BCUT2D eigenvalue weighted by molar-refractivity contribution is 0.0878. The molecule has 1 amide bonds. The zero-order valence-electron chi connectivity index (χ0n) is 10.9. The Hall–Kier alpha value is -1.03. The number of carbonyl (C=O) groups is 1. The molecule has 0 saturated heterocycles. The second-order valence-electron chi connectivity index (χ2n) is 5.56. The Morgan fingerprint density at radius 3 is 2.71 bits per heavy atom. The third-order valence-electron chi connectivity index (χ3n) is 2.54. The van der Waals surface area contributed by atoms with Crippen LogP contribution in [-0.4, -0.2) is 28.9 Å². The highest BCUT2D eigenvalue weighted by Gasteiger charge is 2.19. The van der Waals surface area contributed by atoms with E-state index in [2.05, 4.69) is 5.32 Å². The highest BCUT2D eigenvalue weighted by atomic mass is 16.6. The van der Waals surface area contributed by atoms with E-state index in [9.17, 15) is 9.90 Å². The fourth-order valence-electron chi connectivity index (χ4n) is 1.71. The molecule has 0 radical (unpaired) electrons. The van der Waals surface area contributed by atoms with Gasteiger partial charge in [-0.3, -0.25) is 0 Å². The summed E-state index contributed by atoms with van der Waals surface area (Å²) in [5, 5.41) is 12.3. The number of ether oxygens (including phenoxy) is 1. The molecule has 0 aromatic rings. The van der Waals surface area contributed by atoms with E-state index in [1.807, 2.05) is 32.9 Å². The topological polar surface area (TPSA) is 58.6 Å². The molecule has 1 aliphatic carbocycles. The fraction of sp³-hybridized carbons (Fsp3) is 0.769. The van der Waals surface area contributed by atoms with Gasteiger partial charge in [0.25, 0.3) is 0 Å². The van der Waals surface area contributed by atoms with Gasteiger partial charge in [0.1, 0.15) is 6.10 Å². The monoisotopic (exact) mass is 241 g/mol. The Bertz CT molecular complexity index is 281. The summed E-state index contributed by atoms with van der Waals surface area (Å²) in [6, 6.07) is 0. The number of carbonyl (C=O) groups excluding carboxylic acids is 1. The van der Waals surface area contributed by atoms with Crippen molar-refractivity contribution >= 4 is 6.09 Å². The highest BCUT2D eigenvalue weighted by molar-refractivity contribution is 5.68. The van der Waals surface area contributed by atoms with E-state index >= 15 is 0 Å². The molecule has 0 bridgehead atoms. The molecule has 0 fully saturated rings. The summed E-state index contributed by atoms with van der Waals surface area (Å²) in [4.78, 5) is 11.6. The van der Waals surface area contributed by atoms with Crippen LogP contribution >= 0.6 is 0 Å². The first-order valence-corrected chi connectivity index (χ1v) is 6.20. The first-order chi connectivity index (χ1) is 7.87. The van der Waals surface area contributed by atoms with Crippen LogP contribution in [0, 0.1) is 0 Å². The van der Waals surface area contributed by atoms with Crippen LogP contribution in [0.5, 0.6) is 0 Å². The summed E-state index contributed by atoms with van der Waals surface area (Å²) in [5.41, 5.74) is -0.290. The Balaban J connectivity index is 2.44. The number of rotatable bonds is 1. The summed E-state index contributed by atoms with van der Waals surface area (Å²) in [7, 11) is 0. The zero-order valence-corrected chi connectivity index (χ0v) is 10.9. The lowest BCUT2D eigenvalue weighted by atomic mass is 10.0. The van der Waals surface area contributed by atoms with Gasteiger partial charge in [-0.1, -0.05) is 6.08 Å². The second kappa shape index (κ2) is 6.05. The van der Waals surface area contributed by atoms with Crippen LogP contribution in [0.1, 0.15) is 46.5 Å². The normalized spacial score (nSPS) is 27.8. The van der Waals surface area contributed by atoms with Crippen molar-refractivity contribution < 1.29 is 14.6 Å². The maximum atomic E-state index is 11.6. The molecule has 0 spiro atoms. The molecule has 0 aromatic carbocycles. The van der Waals surface area contributed by atoms with E-state index in [0.717, 1.165) is 12.8 Å². The molecule has 4 nitrogen and oxygen atoms in total. The molecule has 1 aliphatic rings. The molecule has 4 heteroatoms. The van der Waals surface area contributed by atoms with Crippen LogP contribution in [0.2, 0.25) is 0 Å². The predicted molar refractivity (Wildman–Crippen MR) is 66.8 cm³/mol. The number of aliphatic hydroxyl groups excluding tert-OH is 1. The lowest BCUT2D eigenvalue weighted by Gasteiger charge is -2.23. The summed E-state index contributed by atoms with van der Waals surface area (Å²) in [6.07, 6.45) is 5.95. The van der Waals surface area contributed by atoms with E-state index < -0.39 is 6.09 Å². The van der Waals surface area contributed by atoms with Crippen LogP contribution in [0.4, 0.5) is 4.79 Å². The molecule has 0 saturated carbocycles. The largest absolute Gasteiger partial charge is 0.442 e. The van der Waals surface area contributed by atoms with E-state index in [-0.39, 0.29) is 17.7 Å². The Morgan fingerprint density at radius 2 is 2.06 bits per heavy atom. The maximum absolute atomic E-state index is 11.6. The average Bonchev–Trinajstić information content (AvgIpc) is 2.14. The van der Waals surface area contributed by atoms with Crippen LogP contribution in [0.3, 0.4) is 0 Å². The van der Waals surface area contributed by atoms with Crippen LogP contribution < -0.4 is 5.32 Å². The number of alkyl carbamates (subject to hydrolysis) is 1. The smallest absolute Gasteiger partial charge is 0.408 e. The molecule has 0 heterocycles. The van der Waals surface area contributed by atoms with E-state index in [1.54, 1.807) is 0 Å². The number of amides is 1.